The molecule has 1 aromatic rings. The molecule has 1 aromatic carbocycles. The van der Waals surface area contributed by atoms with Crippen molar-refractivity contribution >= 4 is 10.0 Å². The molecule has 0 unspecified atom stereocenters. The SMILES string of the molecule is COc1ccc(C)cc1S(=O)(=O)N(C)C1CNC1. The van der Waals surface area contributed by atoms with Crippen LogP contribution in [-0.2, 0) is 10.0 Å². The van der Waals surface area contributed by atoms with Gasteiger partial charge in [-0.05, 0) is 24.6 Å². The first kappa shape index (κ1) is 13.3. The van der Waals surface area contributed by atoms with Crippen LogP contribution in [0.4, 0.5) is 0 Å². The molecule has 5 nitrogen and oxygen atoms in total. The molecule has 0 amide bonds. The van der Waals surface area contributed by atoms with E-state index in [-0.39, 0.29) is 10.9 Å². The number of nitrogens with zero attached hydrogens (tertiary/aromatic N) is 1. The minimum Gasteiger partial charge on any atom is -0.495 e. The molecular weight excluding hydrogens is 252 g/mol. The first-order valence-corrected chi connectivity index (χ1v) is 7.24. The van der Waals surface area contributed by atoms with Crippen molar-refractivity contribution in [1.29, 1.82) is 0 Å². The summed E-state index contributed by atoms with van der Waals surface area (Å²) in [6.07, 6.45) is 0. The first-order chi connectivity index (χ1) is 8.46. The van der Waals surface area contributed by atoms with Gasteiger partial charge in [0.1, 0.15) is 10.6 Å². The fourth-order valence-electron chi connectivity index (χ4n) is 1.87. The van der Waals surface area contributed by atoms with E-state index in [1.165, 1.54) is 11.4 Å². The van der Waals surface area contributed by atoms with E-state index in [9.17, 15) is 8.42 Å². The summed E-state index contributed by atoms with van der Waals surface area (Å²) in [6, 6.07) is 5.20. The highest BCUT2D eigenvalue weighted by atomic mass is 32.2. The maximum atomic E-state index is 12.5. The molecule has 6 heteroatoms. The minimum absolute atomic E-state index is 0.0280. The van der Waals surface area contributed by atoms with E-state index in [0.29, 0.717) is 18.8 Å². The molecule has 0 atom stereocenters. The number of hydrogen-bond donors (Lipinski definition) is 1. The molecule has 1 fully saturated rings. The van der Waals surface area contributed by atoms with Crippen LogP contribution < -0.4 is 10.1 Å². The van der Waals surface area contributed by atoms with Crippen LogP contribution in [0, 0.1) is 6.92 Å². The number of benzene rings is 1. The molecule has 1 aliphatic heterocycles. The van der Waals surface area contributed by atoms with Gasteiger partial charge in [-0.1, -0.05) is 6.07 Å². The maximum Gasteiger partial charge on any atom is 0.246 e. The molecular formula is C12H18N2O3S. The lowest BCUT2D eigenvalue weighted by atomic mass is 10.2. The molecule has 1 aliphatic rings. The molecule has 1 heterocycles. The lowest BCUT2D eigenvalue weighted by molar-refractivity contribution is 0.273. The first-order valence-electron chi connectivity index (χ1n) is 5.80. The minimum atomic E-state index is -3.50. The maximum absolute atomic E-state index is 12.5. The summed E-state index contributed by atoms with van der Waals surface area (Å²) < 4.78 is 31.6. The van der Waals surface area contributed by atoms with Crippen LogP contribution in [0.3, 0.4) is 0 Å². The van der Waals surface area contributed by atoms with Crippen molar-refractivity contribution in [2.45, 2.75) is 17.9 Å². The number of likely N-dealkylation sites (N-methyl/N-ethyl adjacent to an activating group) is 1. The van der Waals surface area contributed by atoms with Crippen LogP contribution in [-0.4, -0.2) is 46.0 Å². The molecule has 18 heavy (non-hydrogen) atoms. The molecule has 2 rings (SSSR count). The summed E-state index contributed by atoms with van der Waals surface area (Å²) in [5, 5.41) is 3.07. The average Bonchev–Trinajstić information content (AvgIpc) is 2.26. The Kier molecular flexibility index (Phi) is 3.61. The zero-order chi connectivity index (χ0) is 13.3. The number of hydrogen-bond acceptors (Lipinski definition) is 4. The predicted molar refractivity (Wildman–Crippen MR) is 69.3 cm³/mol. The van der Waals surface area contributed by atoms with E-state index < -0.39 is 10.0 Å². The fraction of sp³-hybridized carbons (Fsp3) is 0.500. The topological polar surface area (TPSA) is 58.6 Å². The van der Waals surface area contributed by atoms with Gasteiger partial charge in [-0.25, -0.2) is 8.42 Å². The quantitative estimate of drug-likeness (QED) is 0.870. The molecule has 0 aliphatic carbocycles. The summed E-state index contributed by atoms with van der Waals surface area (Å²) in [5.74, 6) is 0.389. The Bertz CT molecular complexity index is 538. The predicted octanol–water partition coefficient (Wildman–Crippen LogP) is 0.596. The summed E-state index contributed by atoms with van der Waals surface area (Å²) in [5.41, 5.74) is 0.898. The molecule has 1 saturated heterocycles. The number of sulfonamides is 1. The normalized spacial score (nSPS) is 16.7. The van der Waals surface area contributed by atoms with Gasteiger partial charge >= 0.3 is 0 Å². The smallest absolute Gasteiger partial charge is 0.246 e. The van der Waals surface area contributed by atoms with E-state index in [4.69, 9.17) is 4.74 Å². The van der Waals surface area contributed by atoms with Crippen LogP contribution in [0.25, 0.3) is 0 Å². The van der Waals surface area contributed by atoms with Gasteiger partial charge < -0.3 is 10.1 Å². The average molecular weight is 270 g/mol. The second-order valence-corrected chi connectivity index (χ2v) is 6.45. The third-order valence-corrected chi connectivity index (χ3v) is 5.18. The number of nitrogens with one attached hydrogen (secondary N) is 1. The van der Waals surface area contributed by atoms with Gasteiger partial charge in [-0.3, -0.25) is 0 Å². The lowest BCUT2D eigenvalue weighted by Gasteiger charge is -2.34. The Morgan fingerprint density at radius 2 is 2.06 bits per heavy atom. The standard InChI is InChI=1S/C12H18N2O3S/c1-9-4-5-11(17-3)12(6-9)18(15,16)14(2)10-7-13-8-10/h4-6,10,13H,7-8H2,1-3H3. The zero-order valence-electron chi connectivity index (χ0n) is 10.8. The van der Waals surface area contributed by atoms with Crippen molar-refractivity contribution in [3.8, 4) is 5.75 Å². The second kappa shape index (κ2) is 4.87. The van der Waals surface area contributed by atoms with Gasteiger partial charge in [0.2, 0.25) is 10.0 Å². The Morgan fingerprint density at radius 1 is 1.39 bits per heavy atom. The van der Waals surface area contributed by atoms with Crippen molar-refractivity contribution in [1.82, 2.24) is 9.62 Å². The van der Waals surface area contributed by atoms with Crippen LogP contribution in [0.1, 0.15) is 5.56 Å². The molecule has 0 saturated carbocycles. The molecule has 0 aromatic heterocycles. The monoisotopic (exact) mass is 270 g/mol. The van der Waals surface area contributed by atoms with Gasteiger partial charge in [0.25, 0.3) is 0 Å². The molecule has 0 bridgehead atoms. The Morgan fingerprint density at radius 3 is 2.56 bits per heavy atom. The number of aryl methyl sites for hydroxylation is 1. The van der Waals surface area contributed by atoms with Crippen molar-refractivity contribution in [2.75, 3.05) is 27.2 Å². The van der Waals surface area contributed by atoms with Gasteiger partial charge in [0, 0.05) is 26.2 Å². The largest absolute Gasteiger partial charge is 0.495 e. The Hall–Kier alpha value is -1.11. The van der Waals surface area contributed by atoms with Crippen molar-refractivity contribution in [3.05, 3.63) is 23.8 Å². The summed E-state index contributed by atoms with van der Waals surface area (Å²) in [6.45, 7) is 3.26. The Labute approximate surface area is 108 Å². The van der Waals surface area contributed by atoms with Crippen LogP contribution in [0.15, 0.2) is 23.1 Å². The van der Waals surface area contributed by atoms with Crippen molar-refractivity contribution < 1.29 is 13.2 Å². The number of rotatable bonds is 4. The summed E-state index contributed by atoms with van der Waals surface area (Å²) in [7, 11) is -0.402. The van der Waals surface area contributed by atoms with Gasteiger partial charge in [-0.2, -0.15) is 4.31 Å². The van der Waals surface area contributed by atoms with Crippen LogP contribution >= 0.6 is 0 Å². The lowest BCUT2D eigenvalue weighted by Crippen LogP contribution is -2.57. The molecule has 100 valence electrons. The van der Waals surface area contributed by atoms with E-state index in [0.717, 1.165) is 5.56 Å². The zero-order valence-corrected chi connectivity index (χ0v) is 11.6. The van der Waals surface area contributed by atoms with Crippen molar-refractivity contribution in [2.24, 2.45) is 0 Å². The molecule has 1 N–H and O–H groups in total. The van der Waals surface area contributed by atoms with E-state index in [2.05, 4.69) is 5.32 Å². The van der Waals surface area contributed by atoms with Gasteiger partial charge in [-0.15, -0.1) is 0 Å². The molecule has 0 spiro atoms. The van der Waals surface area contributed by atoms with Gasteiger partial charge in [0.05, 0.1) is 7.11 Å². The second-order valence-electron chi connectivity index (χ2n) is 4.49. The van der Waals surface area contributed by atoms with E-state index in [1.54, 1.807) is 19.2 Å². The Balaban J connectivity index is 2.42. The van der Waals surface area contributed by atoms with Crippen LogP contribution in [0.2, 0.25) is 0 Å². The molecule has 0 radical (unpaired) electrons. The van der Waals surface area contributed by atoms with E-state index >= 15 is 0 Å². The van der Waals surface area contributed by atoms with Gasteiger partial charge in [0.15, 0.2) is 0 Å². The third-order valence-electron chi connectivity index (χ3n) is 3.25. The fourth-order valence-corrected chi connectivity index (χ4v) is 3.46. The number of ether oxygens (including phenoxy) is 1. The summed E-state index contributed by atoms with van der Waals surface area (Å²) in [4.78, 5) is 0.236. The highest BCUT2D eigenvalue weighted by Crippen LogP contribution is 2.28. The number of methoxy groups -OCH3 is 1. The summed E-state index contributed by atoms with van der Waals surface area (Å²) >= 11 is 0. The van der Waals surface area contributed by atoms with Crippen LogP contribution in [0.5, 0.6) is 5.75 Å². The van der Waals surface area contributed by atoms with Crippen molar-refractivity contribution in [3.63, 3.8) is 0 Å². The third kappa shape index (κ3) is 2.23. The van der Waals surface area contributed by atoms with E-state index in [1.807, 2.05) is 13.0 Å². The highest BCUT2D eigenvalue weighted by molar-refractivity contribution is 7.89. The highest BCUT2D eigenvalue weighted by Gasteiger charge is 2.33.